The molecule has 186 valence electrons. The van der Waals surface area contributed by atoms with Gasteiger partial charge in [-0.05, 0) is 43.2 Å². The molecule has 0 saturated carbocycles. The van der Waals surface area contributed by atoms with Gasteiger partial charge in [-0.15, -0.1) is 0 Å². The van der Waals surface area contributed by atoms with Crippen molar-refractivity contribution in [2.24, 2.45) is 0 Å². The van der Waals surface area contributed by atoms with Crippen molar-refractivity contribution >= 4 is 35.0 Å². The van der Waals surface area contributed by atoms with Crippen molar-refractivity contribution in [1.29, 1.82) is 0 Å². The number of hydrogen-bond acceptors (Lipinski definition) is 6. The molecular formula is C24H23Cl2FN2O6. The standard InChI is InChI=1S/C24H23Cl2FN2O6/c25-11-1-4-19-13(5-11)18(30)9-22(34-19)24(32)29-17-8-20-16(7-21(17)35-20)28-23(31)10-33-12-2-3-14(26)15(27)6-12/h1-6,16-18,20-22,30H,7-10H2,(H,28,31)(H,29,32)/t16?,17?,18-,20?,21?,22+/m1/s1. The highest BCUT2D eigenvalue weighted by Crippen LogP contribution is 2.38. The summed E-state index contributed by atoms with van der Waals surface area (Å²) in [4.78, 5) is 25.1. The average molecular weight is 525 g/mol. The lowest BCUT2D eigenvalue weighted by Crippen LogP contribution is -2.52. The molecule has 3 aliphatic rings. The Bertz CT molecular complexity index is 1150. The molecule has 2 bridgehead atoms. The van der Waals surface area contributed by atoms with Crippen LogP contribution in [0.3, 0.4) is 0 Å². The molecule has 2 aromatic carbocycles. The van der Waals surface area contributed by atoms with Crippen LogP contribution in [0.25, 0.3) is 0 Å². The van der Waals surface area contributed by atoms with Gasteiger partial charge in [0.2, 0.25) is 0 Å². The number of aliphatic hydroxyl groups is 1. The van der Waals surface area contributed by atoms with Gasteiger partial charge in [0.15, 0.2) is 12.7 Å². The Balaban J connectivity index is 1.09. The molecule has 0 aromatic heterocycles. The fraction of sp³-hybridized carbons (Fsp3) is 0.417. The van der Waals surface area contributed by atoms with E-state index in [9.17, 15) is 19.1 Å². The SMILES string of the molecule is O=C(COc1ccc(Cl)c(F)c1)NC1CC2OC1CC2NC(=O)[C@@H]1C[C@@H](O)c2cc(Cl)ccc2O1. The molecule has 2 fully saturated rings. The number of carbonyl (C=O) groups is 2. The topological polar surface area (TPSA) is 106 Å². The second-order valence-electron chi connectivity index (χ2n) is 8.88. The summed E-state index contributed by atoms with van der Waals surface area (Å²) in [7, 11) is 0. The first kappa shape index (κ1) is 24.1. The third-order valence-corrected chi connectivity index (χ3v) is 7.03. The fourth-order valence-electron chi connectivity index (χ4n) is 4.78. The molecule has 8 nitrogen and oxygen atoms in total. The maximum absolute atomic E-state index is 13.5. The summed E-state index contributed by atoms with van der Waals surface area (Å²) in [5, 5.41) is 16.7. The van der Waals surface area contributed by atoms with Crippen molar-refractivity contribution in [3.05, 3.63) is 57.8 Å². The van der Waals surface area contributed by atoms with Gasteiger partial charge in [-0.3, -0.25) is 9.59 Å². The summed E-state index contributed by atoms with van der Waals surface area (Å²) < 4.78 is 30.5. The first-order valence-electron chi connectivity index (χ1n) is 11.2. The number of hydrogen-bond donors (Lipinski definition) is 3. The smallest absolute Gasteiger partial charge is 0.261 e. The number of aliphatic hydroxyl groups excluding tert-OH is 1. The van der Waals surface area contributed by atoms with Gasteiger partial charge in [-0.25, -0.2) is 4.39 Å². The van der Waals surface area contributed by atoms with Crippen molar-refractivity contribution in [2.45, 2.75) is 55.8 Å². The normalized spacial score (nSPS) is 28.7. The highest BCUT2D eigenvalue weighted by Gasteiger charge is 2.49. The lowest BCUT2D eigenvalue weighted by Gasteiger charge is -2.31. The molecule has 3 N–H and O–H groups in total. The lowest BCUT2D eigenvalue weighted by atomic mass is 9.90. The lowest BCUT2D eigenvalue weighted by molar-refractivity contribution is -0.131. The minimum absolute atomic E-state index is 0.0245. The van der Waals surface area contributed by atoms with Gasteiger partial charge in [0, 0.05) is 23.1 Å². The van der Waals surface area contributed by atoms with E-state index in [-0.39, 0.29) is 59.9 Å². The van der Waals surface area contributed by atoms with Crippen LogP contribution in [0.5, 0.6) is 11.5 Å². The third-order valence-electron chi connectivity index (χ3n) is 6.48. The van der Waals surface area contributed by atoms with Gasteiger partial charge in [-0.2, -0.15) is 0 Å². The number of fused-ring (bicyclic) bond motifs is 3. The van der Waals surface area contributed by atoms with E-state index >= 15 is 0 Å². The first-order chi connectivity index (χ1) is 16.8. The van der Waals surface area contributed by atoms with Crippen LogP contribution < -0.4 is 20.1 Å². The minimum Gasteiger partial charge on any atom is -0.484 e. The van der Waals surface area contributed by atoms with Gasteiger partial charge in [0.1, 0.15) is 17.3 Å². The van der Waals surface area contributed by atoms with Crippen molar-refractivity contribution < 1.29 is 33.3 Å². The maximum atomic E-state index is 13.5. The average Bonchev–Trinajstić information content (AvgIpc) is 3.40. The second-order valence-corrected chi connectivity index (χ2v) is 9.72. The van der Waals surface area contributed by atoms with Gasteiger partial charge < -0.3 is 30.0 Å². The van der Waals surface area contributed by atoms with Crippen LogP contribution in [0.2, 0.25) is 10.0 Å². The number of rotatable bonds is 6. The summed E-state index contributed by atoms with van der Waals surface area (Å²) >= 11 is 11.6. The van der Waals surface area contributed by atoms with Crippen molar-refractivity contribution in [2.75, 3.05) is 6.61 Å². The molecule has 3 heterocycles. The Kier molecular flexibility index (Phi) is 6.76. The number of benzene rings is 2. The van der Waals surface area contributed by atoms with E-state index in [0.717, 1.165) is 6.07 Å². The van der Waals surface area contributed by atoms with Crippen molar-refractivity contribution in [3.63, 3.8) is 0 Å². The molecule has 2 saturated heterocycles. The Morgan fingerprint density at radius 3 is 2.51 bits per heavy atom. The molecule has 5 rings (SSSR count). The van der Waals surface area contributed by atoms with Crippen LogP contribution in [0.4, 0.5) is 4.39 Å². The Labute approximate surface area is 210 Å². The molecule has 0 spiro atoms. The van der Waals surface area contributed by atoms with Crippen molar-refractivity contribution in [1.82, 2.24) is 10.6 Å². The summed E-state index contributed by atoms with van der Waals surface area (Å²) in [6.45, 7) is -0.275. The predicted molar refractivity (Wildman–Crippen MR) is 124 cm³/mol. The number of amides is 2. The van der Waals surface area contributed by atoms with Gasteiger partial charge in [0.25, 0.3) is 11.8 Å². The van der Waals surface area contributed by atoms with E-state index < -0.39 is 18.0 Å². The van der Waals surface area contributed by atoms with Crippen LogP contribution in [-0.4, -0.2) is 53.9 Å². The highest BCUT2D eigenvalue weighted by atomic mass is 35.5. The molecule has 6 atom stereocenters. The van der Waals surface area contributed by atoms with E-state index in [1.807, 2.05) is 0 Å². The number of ether oxygens (including phenoxy) is 3. The molecule has 35 heavy (non-hydrogen) atoms. The summed E-state index contributed by atoms with van der Waals surface area (Å²) in [6, 6.07) is 8.44. The van der Waals surface area contributed by atoms with Crippen molar-refractivity contribution in [3.8, 4) is 11.5 Å². The largest absolute Gasteiger partial charge is 0.484 e. The van der Waals surface area contributed by atoms with Crippen LogP contribution in [0, 0.1) is 5.82 Å². The van der Waals surface area contributed by atoms with E-state index in [1.165, 1.54) is 12.1 Å². The Morgan fingerprint density at radius 1 is 1.06 bits per heavy atom. The van der Waals surface area contributed by atoms with Gasteiger partial charge in [-0.1, -0.05) is 23.2 Å². The van der Waals surface area contributed by atoms with Crippen LogP contribution in [0.1, 0.15) is 30.9 Å². The van der Waals surface area contributed by atoms with E-state index in [0.29, 0.717) is 29.2 Å². The highest BCUT2D eigenvalue weighted by molar-refractivity contribution is 6.31. The quantitative estimate of drug-likeness (QED) is 0.536. The zero-order valence-corrected chi connectivity index (χ0v) is 19.9. The first-order valence-corrected chi connectivity index (χ1v) is 12.0. The monoisotopic (exact) mass is 524 g/mol. The molecular weight excluding hydrogens is 502 g/mol. The number of nitrogens with one attached hydrogen (secondary N) is 2. The number of carbonyl (C=O) groups excluding carboxylic acids is 2. The van der Waals surface area contributed by atoms with E-state index in [1.54, 1.807) is 18.2 Å². The molecule has 2 amide bonds. The van der Waals surface area contributed by atoms with E-state index in [2.05, 4.69) is 10.6 Å². The van der Waals surface area contributed by atoms with E-state index in [4.69, 9.17) is 37.4 Å². The molecule has 4 unspecified atom stereocenters. The van der Waals surface area contributed by atoms with Crippen LogP contribution in [-0.2, 0) is 14.3 Å². The summed E-state index contributed by atoms with van der Waals surface area (Å²) in [6.07, 6.45) is -0.989. The summed E-state index contributed by atoms with van der Waals surface area (Å²) in [5.74, 6) is -0.667. The van der Waals surface area contributed by atoms with Gasteiger partial charge in [0.05, 0.1) is 35.4 Å². The molecule has 0 aliphatic carbocycles. The molecule has 3 aliphatic heterocycles. The second kappa shape index (κ2) is 9.81. The van der Waals surface area contributed by atoms with Gasteiger partial charge >= 0.3 is 0 Å². The Hall–Kier alpha value is -2.59. The number of halogens is 3. The summed E-state index contributed by atoms with van der Waals surface area (Å²) in [5.41, 5.74) is 0.563. The Morgan fingerprint density at radius 2 is 1.80 bits per heavy atom. The fourth-order valence-corrected chi connectivity index (χ4v) is 5.08. The third kappa shape index (κ3) is 5.18. The van der Waals surface area contributed by atoms with Crippen LogP contribution in [0.15, 0.2) is 36.4 Å². The minimum atomic E-state index is -0.851. The predicted octanol–water partition coefficient (Wildman–Crippen LogP) is 2.93. The maximum Gasteiger partial charge on any atom is 0.261 e. The molecule has 11 heteroatoms. The molecule has 2 aromatic rings. The van der Waals surface area contributed by atoms with Crippen LogP contribution >= 0.6 is 23.2 Å². The zero-order chi connectivity index (χ0) is 24.7. The zero-order valence-electron chi connectivity index (χ0n) is 18.4. The molecule has 0 radical (unpaired) electrons.